The van der Waals surface area contributed by atoms with Crippen LogP contribution in [0.25, 0.3) is 22.5 Å². The van der Waals surface area contributed by atoms with Gasteiger partial charge in [0.25, 0.3) is 0 Å². The van der Waals surface area contributed by atoms with Crippen LogP contribution in [0.3, 0.4) is 0 Å². The molecule has 1 fully saturated rings. The first-order valence-corrected chi connectivity index (χ1v) is 13.5. The van der Waals surface area contributed by atoms with Crippen molar-refractivity contribution in [1.82, 2.24) is 25.1 Å². The molecule has 0 amide bonds. The van der Waals surface area contributed by atoms with E-state index in [-0.39, 0.29) is 35.0 Å². The molecule has 0 spiro atoms. The zero-order valence-electron chi connectivity index (χ0n) is 22.6. The van der Waals surface area contributed by atoms with Crippen molar-refractivity contribution in [1.29, 1.82) is 0 Å². The van der Waals surface area contributed by atoms with Gasteiger partial charge in [0.05, 0.1) is 46.8 Å². The summed E-state index contributed by atoms with van der Waals surface area (Å²) in [7, 11) is 0. The van der Waals surface area contributed by atoms with Gasteiger partial charge in [-0.15, -0.1) is 5.10 Å². The number of benzene rings is 1. The summed E-state index contributed by atoms with van der Waals surface area (Å²) in [6, 6.07) is 11.5. The van der Waals surface area contributed by atoms with Gasteiger partial charge in [-0.3, -0.25) is 9.78 Å². The van der Waals surface area contributed by atoms with Crippen molar-refractivity contribution < 1.29 is 18.3 Å². The zero-order chi connectivity index (χ0) is 28.1. The minimum Gasteiger partial charge on any atom is -0.466 e. The SMILES string of the molecule is CCOC(=O)CCc1ncc(-c2cccc([C@@]34CC[C@@H](c5cc(-c6c(F)cccc6F)nnc53)C4(C)C)n2)cn1. The lowest BCUT2D eigenvalue weighted by Gasteiger charge is -2.37. The quantitative estimate of drug-likeness (QED) is 0.266. The molecule has 2 bridgehead atoms. The average Bonchev–Trinajstić information content (AvgIpc) is 3.33. The summed E-state index contributed by atoms with van der Waals surface area (Å²) >= 11 is 0. The topological polar surface area (TPSA) is 90.8 Å². The molecule has 4 aromatic rings. The molecule has 204 valence electrons. The van der Waals surface area contributed by atoms with Crippen LogP contribution in [0, 0.1) is 17.0 Å². The number of carbonyl (C=O) groups is 1. The number of ether oxygens (including phenoxy) is 1. The summed E-state index contributed by atoms with van der Waals surface area (Å²) < 4.78 is 34.1. The molecule has 9 heteroatoms. The number of fused-ring (bicyclic) bond motifs is 5. The Morgan fingerprint density at radius 3 is 2.48 bits per heavy atom. The highest BCUT2D eigenvalue weighted by Gasteiger charge is 2.65. The normalized spacial score (nSPS) is 20.4. The Bertz CT molecular complexity index is 1590. The van der Waals surface area contributed by atoms with Gasteiger partial charge in [-0.1, -0.05) is 26.0 Å². The van der Waals surface area contributed by atoms with Gasteiger partial charge in [0.15, 0.2) is 0 Å². The van der Waals surface area contributed by atoms with E-state index in [4.69, 9.17) is 9.72 Å². The number of aromatic nitrogens is 5. The van der Waals surface area contributed by atoms with Crippen molar-refractivity contribution >= 4 is 5.97 Å². The van der Waals surface area contributed by atoms with Gasteiger partial charge in [0.1, 0.15) is 17.5 Å². The van der Waals surface area contributed by atoms with E-state index in [0.29, 0.717) is 18.9 Å². The second-order valence-electron chi connectivity index (χ2n) is 10.9. The van der Waals surface area contributed by atoms with Crippen LogP contribution in [0.1, 0.15) is 68.7 Å². The van der Waals surface area contributed by atoms with Gasteiger partial charge in [-0.25, -0.2) is 18.7 Å². The molecule has 2 aliphatic rings. The van der Waals surface area contributed by atoms with Crippen LogP contribution in [0.15, 0.2) is 54.9 Å². The van der Waals surface area contributed by atoms with E-state index >= 15 is 0 Å². The fourth-order valence-corrected chi connectivity index (χ4v) is 6.65. The molecular formula is C31H29F2N5O2. The van der Waals surface area contributed by atoms with Crippen LogP contribution < -0.4 is 0 Å². The minimum absolute atomic E-state index is 0.152. The standard InChI is InChI=1S/C31H29F2N5O2/c1-4-40-27(39)12-11-26-34-16-18(17-35-26)23-9-6-10-25(36-23)31-14-13-20(30(31,2)3)19-15-24(37-38-29(19)31)28-21(32)7-5-8-22(28)33/h5-10,15-17,20H,4,11-14H2,1-3H3/t20-,31-/m0/s1. The summed E-state index contributed by atoms with van der Waals surface area (Å²) in [5.41, 5.74) is 3.48. The summed E-state index contributed by atoms with van der Waals surface area (Å²) in [5, 5.41) is 8.94. The molecule has 3 heterocycles. The van der Waals surface area contributed by atoms with Gasteiger partial charge in [-0.05, 0) is 67.0 Å². The Labute approximate surface area is 231 Å². The predicted molar refractivity (Wildman–Crippen MR) is 144 cm³/mol. The maximum Gasteiger partial charge on any atom is 0.306 e. The number of nitrogens with zero attached hydrogens (tertiary/aromatic N) is 5. The summed E-state index contributed by atoms with van der Waals surface area (Å²) in [6.07, 6.45) is 5.83. The molecule has 0 N–H and O–H groups in total. The van der Waals surface area contributed by atoms with Crippen LogP contribution in [-0.4, -0.2) is 37.7 Å². The van der Waals surface area contributed by atoms with Crippen molar-refractivity contribution in [2.24, 2.45) is 5.41 Å². The van der Waals surface area contributed by atoms with E-state index in [1.165, 1.54) is 18.2 Å². The molecular weight excluding hydrogens is 512 g/mol. The van der Waals surface area contributed by atoms with Gasteiger partial charge < -0.3 is 4.74 Å². The summed E-state index contributed by atoms with van der Waals surface area (Å²) in [6.45, 7) is 6.55. The lowest BCUT2D eigenvalue weighted by Crippen LogP contribution is -2.37. The summed E-state index contributed by atoms with van der Waals surface area (Å²) in [4.78, 5) is 25.6. The number of halogens is 2. The highest BCUT2D eigenvalue weighted by molar-refractivity contribution is 5.69. The van der Waals surface area contributed by atoms with Crippen LogP contribution in [0.4, 0.5) is 8.78 Å². The number of aryl methyl sites for hydroxylation is 1. The second kappa shape index (κ2) is 9.80. The third kappa shape index (κ3) is 3.98. The first-order valence-electron chi connectivity index (χ1n) is 13.5. The van der Waals surface area contributed by atoms with Crippen LogP contribution >= 0.6 is 0 Å². The number of hydrogen-bond donors (Lipinski definition) is 0. The van der Waals surface area contributed by atoms with Crippen molar-refractivity contribution in [3.63, 3.8) is 0 Å². The van der Waals surface area contributed by atoms with Crippen LogP contribution in [0.2, 0.25) is 0 Å². The van der Waals surface area contributed by atoms with Crippen LogP contribution in [0.5, 0.6) is 0 Å². The van der Waals surface area contributed by atoms with E-state index in [0.717, 1.165) is 41.1 Å². The zero-order valence-corrected chi connectivity index (χ0v) is 22.6. The molecule has 2 atom stereocenters. The van der Waals surface area contributed by atoms with Gasteiger partial charge in [0.2, 0.25) is 0 Å². The Morgan fingerprint density at radius 1 is 1.02 bits per heavy atom. The van der Waals surface area contributed by atoms with Crippen molar-refractivity contribution in [3.05, 3.63) is 89.3 Å². The van der Waals surface area contributed by atoms with Crippen molar-refractivity contribution in [2.75, 3.05) is 6.61 Å². The van der Waals surface area contributed by atoms with Gasteiger partial charge in [-0.2, -0.15) is 5.10 Å². The van der Waals surface area contributed by atoms with Crippen LogP contribution in [-0.2, 0) is 21.4 Å². The van der Waals surface area contributed by atoms with E-state index in [2.05, 4.69) is 34.0 Å². The number of rotatable bonds is 7. The molecule has 2 aliphatic carbocycles. The fraction of sp³-hybridized carbons (Fsp3) is 0.355. The minimum atomic E-state index is -0.658. The number of hydrogen-bond acceptors (Lipinski definition) is 7. The molecule has 40 heavy (non-hydrogen) atoms. The maximum atomic E-state index is 14.6. The van der Waals surface area contributed by atoms with Crippen molar-refractivity contribution in [2.45, 2.75) is 57.8 Å². The number of carbonyl (C=O) groups excluding carboxylic acids is 1. The highest BCUT2D eigenvalue weighted by Crippen LogP contribution is 2.69. The number of pyridine rings is 1. The Morgan fingerprint density at radius 2 is 1.75 bits per heavy atom. The Kier molecular flexibility index (Phi) is 6.40. The third-order valence-electron chi connectivity index (χ3n) is 8.65. The smallest absolute Gasteiger partial charge is 0.306 e. The molecule has 1 aromatic carbocycles. The largest absolute Gasteiger partial charge is 0.466 e. The highest BCUT2D eigenvalue weighted by atomic mass is 19.1. The van der Waals surface area contributed by atoms with E-state index in [1.807, 2.05) is 24.3 Å². The number of esters is 1. The molecule has 0 unspecified atom stereocenters. The predicted octanol–water partition coefficient (Wildman–Crippen LogP) is 5.97. The molecule has 7 nitrogen and oxygen atoms in total. The van der Waals surface area contributed by atoms with Gasteiger partial charge >= 0.3 is 5.97 Å². The Balaban J connectivity index is 1.35. The van der Waals surface area contributed by atoms with E-state index < -0.39 is 17.0 Å². The third-order valence-corrected chi connectivity index (χ3v) is 8.65. The molecule has 0 radical (unpaired) electrons. The molecule has 3 aromatic heterocycles. The van der Waals surface area contributed by atoms with Gasteiger partial charge in [0, 0.05) is 24.4 Å². The second-order valence-corrected chi connectivity index (χ2v) is 10.9. The lowest BCUT2D eigenvalue weighted by molar-refractivity contribution is -0.143. The molecule has 0 saturated heterocycles. The van der Waals surface area contributed by atoms with E-state index in [1.54, 1.807) is 19.3 Å². The monoisotopic (exact) mass is 541 g/mol. The molecule has 0 aliphatic heterocycles. The first-order chi connectivity index (χ1) is 19.3. The fourth-order valence-electron chi connectivity index (χ4n) is 6.65. The Hall–Kier alpha value is -4.14. The molecule has 1 saturated carbocycles. The molecule has 6 rings (SSSR count). The van der Waals surface area contributed by atoms with E-state index in [9.17, 15) is 13.6 Å². The average molecular weight is 542 g/mol. The van der Waals surface area contributed by atoms with Crippen molar-refractivity contribution in [3.8, 4) is 22.5 Å². The first kappa shape index (κ1) is 26.1. The summed E-state index contributed by atoms with van der Waals surface area (Å²) in [5.74, 6) is -0.871. The maximum absolute atomic E-state index is 14.6. The lowest BCUT2D eigenvalue weighted by atomic mass is 9.66.